The van der Waals surface area contributed by atoms with E-state index in [0.29, 0.717) is 6.04 Å². The van der Waals surface area contributed by atoms with E-state index in [0.717, 1.165) is 39.4 Å². The monoisotopic (exact) mass is 168 g/mol. The second-order valence-electron chi connectivity index (χ2n) is 3.42. The molecule has 0 aromatic heterocycles. The van der Waals surface area contributed by atoms with Gasteiger partial charge in [-0.3, -0.25) is 4.90 Å². The van der Waals surface area contributed by atoms with Gasteiger partial charge in [-0.1, -0.05) is 12.2 Å². The molecule has 2 aliphatic rings. The van der Waals surface area contributed by atoms with Crippen LogP contribution in [0.1, 0.15) is 0 Å². The van der Waals surface area contributed by atoms with Crippen molar-refractivity contribution in [1.29, 1.82) is 0 Å². The molecule has 2 heterocycles. The summed E-state index contributed by atoms with van der Waals surface area (Å²) in [6, 6.07) is 0.540. The van der Waals surface area contributed by atoms with E-state index < -0.39 is 0 Å². The zero-order chi connectivity index (χ0) is 8.23. The van der Waals surface area contributed by atoms with Crippen LogP contribution in [0.3, 0.4) is 0 Å². The minimum absolute atomic E-state index is 0.540. The molecular weight excluding hydrogens is 152 g/mol. The van der Waals surface area contributed by atoms with Gasteiger partial charge < -0.3 is 10.1 Å². The van der Waals surface area contributed by atoms with Gasteiger partial charge >= 0.3 is 0 Å². The largest absolute Gasteiger partial charge is 0.378 e. The predicted molar refractivity (Wildman–Crippen MR) is 48.2 cm³/mol. The van der Waals surface area contributed by atoms with E-state index in [-0.39, 0.29) is 0 Å². The van der Waals surface area contributed by atoms with Gasteiger partial charge in [-0.2, -0.15) is 0 Å². The Balaban J connectivity index is 1.70. The third-order valence-corrected chi connectivity index (χ3v) is 2.37. The van der Waals surface area contributed by atoms with Crippen LogP contribution in [0.25, 0.3) is 0 Å². The first-order valence-electron chi connectivity index (χ1n) is 4.63. The van der Waals surface area contributed by atoms with Crippen LogP contribution in [0.2, 0.25) is 0 Å². The van der Waals surface area contributed by atoms with E-state index in [1.165, 1.54) is 0 Å². The smallest absolute Gasteiger partial charge is 0.0632 e. The number of nitrogens with zero attached hydrogens (tertiary/aromatic N) is 1. The fourth-order valence-corrected chi connectivity index (χ4v) is 1.72. The lowest BCUT2D eigenvalue weighted by Crippen LogP contribution is -2.47. The van der Waals surface area contributed by atoms with Crippen molar-refractivity contribution in [3.05, 3.63) is 12.2 Å². The molecule has 3 nitrogen and oxygen atoms in total. The SMILES string of the molecule is C1=CCN(CC2COCCN2)C1. The standard InChI is InChI=1S/C9H16N2O/c1-2-5-11(4-1)7-9-8-12-6-3-10-9/h1-2,9-10H,3-8H2. The van der Waals surface area contributed by atoms with Gasteiger partial charge in [0.2, 0.25) is 0 Å². The molecule has 0 aliphatic carbocycles. The Kier molecular flexibility index (Phi) is 2.76. The van der Waals surface area contributed by atoms with E-state index in [1.807, 2.05) is 0 Å². The number of nitrogens with one attached hydrogen (secondary N) is 1. The van der Waals surface area contributed by atoms with Crippen molar-refractivity contribution in [3.63, 3.8) is 0 Å². The maximum absolute atomic E-state index is 5.38. The fraction of sp³-hybridized carbons (Fsp3) is 0.778. The van der Waals surface area contributed by atoms with Gasteiger partial charge in [0.05, 0.1) is 13.2 Å². The zero-order valence-corrected chi connectivity index (χ0v) is 7.33. The van der Waals surface area contributed by atoms with Crippen LogP contribution in [0.5, 0.6) is 0 Å². The summed E-state index contributed by atoms with van der Waals surface area (Å²) in [6.07, 6.45) is 4.45. The summed E-state index contributed by atoms with van der Waals surface area (Å²) in [7, 11) is 0. The lowest BCUT2D eigenvalue weighted by molar-refractivity contribution is 0.0657. The summed E-state index contributed by atoms with van der Waals surface area (Å²) in [6.45, 7) is 6.08. The third-order valence-electron chi connectivity index (χ3n) is 2.37. The van der Waals surface area contributed by atoms with Crippen LogP contribution < -0.4 is 5.32 Å². The Morgan fingerprint density at radius 3 is 2.92 bits per heavy atom. The second-order valence-corrected chi connectivity index (χ2v) is 3.42. The molecule has 0 aromatic rings. The Bertz CT molecular complexity index is 156. The first-order valence-corrected chi connectivity index (χ1v) is 4.63. The molecule has 0 saturated carbocycles. The number of hydrogen-bond donors (Lipinski definition) is 1. The Labute approximate surface area is 73.4 Å². The van der Waals surface area contributed by atoms with Crippen LogP contribution in [0.4, 0.5) is 0 Å². The average Bonchev–Trinajstić information content (AvgIpc) is 2.59. The molecule has 2 aliphatic heterocycles. The van der Waals surface area contributed by atoms with Gasteiger partial charge in [-0.25, -0.2) is 0 Å². The van der Waals surface area contributed by atoms with Crippen molar-refractivity contribution in [1.82, 2.24) is 10.2 Å². The summed E-state index contributed by atoms with van der Waals surface area (Å²) in [5, 5.41) is 3.45. The second kappa shape index (κ2) is 4.03. The highest BCUT2D eigenvalue weighted by Crippen LogP contribution is 2.02. The van der Waals surface area contributed by atoms with E-state index in [1.54, 1.807) is 0 Å². The number of rotatable bonds is 2. The normalized spacial score (nSPS) is 31.2. The summed E-state index contributed by atoms with van der Waals surface area (Å²) in [4.78, 5) is 2.42. The van der Waals surface area contributed by atoms with Crippen LogP contribution >= 0.6 is 0 Å². The minimum Gasteiger partial charge on any atom is -0.378 e. The van der Waals surface area contributed by atoms with Gasteiger partial charge in [0.1, 0.15) is 0 Å². The first kappa shape index (κ1) is 8.23. The van der Waals surface area contributed by atoms with E-state index in [4.69, 9.17) is 4.74 Å². The molecule has 12 heavy (non-hydrogen) atoms. The lowest BCUT2D eigenvalue weighted by atomic mass is 10.2. The van der Waals surface area contributed by atoms with Crippen LogP contribution in [-0.4, -0.2) is 50.3 Å². The van der Waals surface area contributed by atoms with Crippen LogP contribution in [0.15, 0.2) is 12.2 Å². The third kappa shape index (κ3) is 2.06. The Hall–Kier alpha value is -0.380. The molecule has 1 saturated heterocycles. The van der Waals surface area contributed by atoms with E-state index >= 15 is 0 Å². The van der Waals surface area contributed by atoms with Gasteiger partial charge in [-0.15, -0.1) is 0 Å². The molecular formula is C9H16N2O. The fourth-order valence-electron chi connectivity index (χ4n) is 1.72. The molecule has 3 heteroatoms. The zero-order valence-electron chi connectivity index (χ0n) is 7.33. The molecule has 0 aromatic carbocycles. The topological polar surface area (TPSA) is 24.5 Å². The highest BCUT2D eigenvalue weighted by molar-refractivity contribution is 4.96. The first-order chi connectivity index (χ1) is 5.95. The highest BCUT2D eigenvalue weighted by Gasteiger charge is 2.16. The molecule has 0 bridgehead atoms. The van der Waals surface area contributed by atoms with E-state index in [2.05, 4.69) is 22.4 Å². The molecule has 0 spiro atoms. The van der Waals surface area contributed by atoms with Crippen molar-refractivity contribution < 1.29 is 4.74 Å². The van der Waals surface area contributed by atoms with Crippen molar-refractivity contribution >= 4 is 0 Å². The molecule has 1 fully saturated rings. The predicted octanol–water partition coefficient (Wildman–Crippen LogP) is -0.153. The summed E-state index contributed by atoms with van der Waals surface area (Å²) < 4.78 is 5.38. The van der Waals surface area contributed by atoms with Crippen molar-refractivity contribution in [2.24, 2.45) is 0 Å². The quantitative estimate of drug-likeness (QED) is 0.580. The van der Waals surface area contributed by atoms with Gasteiger partial charge in [-0.05, 0) is 0 Å². The highest BCUT2D eigenvalue weighted by atomic mass is 16.5. The molecule has 68 valence electrons. The maximum atomic E-state index is 5.38. The molecule has 1 atom stereocenters. The van der Waals surface area contributed by atoms with Crippen LogP contribution in [-0.2, 0) is 4.74 Å². The maximum Gasteiger partial charge on any atom is 0.0632 e. The average molecular weight is 168 g/mol. The summed E-state index contributed by atoms with van der Waals surface area (Å²) in [5.41, 5.74) is 0. The van der Waals surface area contributed by atoms with Crippen molar-refractivity contribution in [2.75, 3.05) is 39.4 Å². The molecule has 2 rings (SSSR count). The minimum atomic E-state index is 0.540. The Morgan fingerprint density at radius 1 is 1.42 bits per heavy atom. The molecule has 1 N–H and O–H groups in total. The van der Waals surface area contributed by atoms with Crippen molar-refractivity contribution in [2.45, 2.75) is 6.04 Å². The summed E-state index contributed by atoms with van der Waals surface area (Å²) >= 11 is 0. The number of ether oxygens (including phenoxy) is 1. The van der Waals surface area contributed by atoms with Gasteiger partial charge in [0.15, 0.2) is 0 Å². The van der Waals surface area contributed by atoms with Gasteiger partial charge in [0.25, 0.3) is 0 Å². The van der Waals surface area contributed by atoms with Crippen LogP contribution in [0, 0.1) is 0 Å². The van der Waals surface area contributed by atoms with E-state index in [9.17, 15) is 0 Å². The molecule has 1 unspecified atom stereocenters. The van der Waals surface area contributed by atoms with Gasteiger partial charge in [0, 0.05) is 32.2 Å². The molecule has 0 radical (unpaired) electrons. The Morgan fingerprint density at radius 2 is 2.25 bits per heavy atom. The number of morpholine rings is 1. The van der Waals surface area contributed by atoms with Crippen molar-refractivity contribution in [3.8, 4) is 0 Å². The molecule has 0 amide bonds. The lowest BCUT2D eigenvalue weighted by Gasteiger charge is -2.27. The number of hydrogen-bond acceptors (Lipinski definition) is 3. The summed E-state index contributed by atoms with van der Waals surface area (Å²) in [5.74, 6) is 0.